The fourth-order valence-corrected chi connectivity index (χ4v) is 3.16. The quantitative estimate of drug-likeness (QED) is 0.633. The highest BCUT2D eigenvalue weighted by Gasteiger charge is 2.21. The molecule has 1 heterocycles. The van der Waals surface area contributed by atoms with Crippen molar-refractivity contribution in [1.82, 2.24) is 5.32 Å². The van der Waals surface area contributed by atoms with E-state index in [1.807, 2.05) is 18.2 Å². The highest BCUT2D eigenvalue weighted by atomic mass is 79.9. The van der Waals surface area contributed by atoms with Gasteiger partial charge >= 0.3 is 6.03 Å². The molecule has 8 heteroatoms. The normalized spacial score (nSPS) is 13.3. The highest BCUT2D eigenvalue weighted by Crippen LogP contribution is 2.24. The molecule has 3 N–H and O–H groups in total. The summed E-state index contributed by atoms with van der Waals surface area (Å²) in [6.07, 6.45) is 1.55. The third kappa shape index (κ3) is 5.56. The molecule has 0 saturated carbocycles. The van der Waals surface area contributed by atoms with Crippen LogP contribution < -0.4 is 20.9 Å². The van der Waals surface area contributed by atoms with Gasteiger partial charge in [0.1, 0.15) is 0 Å². The Morgan fingerprint density at radius 1 is 1.04 bits per heavy atom. The summed E-state index contributed by atoms with van der Waals surface area (Å²) in [5.41, 5.74) is 2.08. The van der Waals surface area contributed by atoms with Crippen LogP contribution in [0.4, 0.5) is 21.9 Å². The summed E-state index contributed by atoms with van der Waals surface area (Å²) in [6, 6.07) is 14.0. The SMILES string of the molecule is O=C(CCNC(=O)Nc1ccc(Br)cc1)Nc1cccc(N2CCCC2=O)c1. The van der Waals surface area contributed by atoms with Crippen LogP contribution in [-0.4, -0.2) is 30.9 Å². The first-order valence-corrected chi connectivity index (χ1v) is 9.81. The second-order valence-electron chi connectivity index (χ2n) is 6.39. The smallest absolute Gasteiger partial charge is 0.319 e. The van der Waals surface area contributed by atoms with Crippen LogP contribution in [0.25, 0.3) is 0 Å². The van der Waals surface area contributed by atoms with E-state index in [0.717, 1.165) is 16.6 Å². The number of anilines is 3. The van der Waals surface area contributed by atoms with Gasteiger partial charge in [-0.15, -0.1) is 0 Å². The second kappa shape index (κ2) is 9.36. The Labute approximate surface area is 171 Å². The molecule has 28 heavy (non-hydrogen) atoms. The maximum Gasteiger partial charge on any atom is 0.319 e. The first kappa shape index (κ1) is 19.9. The van der Waals surface area contributed by atoms with Crippen molar-refractivity contribution in [2.24, 2.45) is 0 Å². The summed E-state index contributed by atoms with van der Waals surface area (Å²) in [6.45, 7) is 0.909. The minimum Gasteiger partial charge on any atom is -0.337 e. The molecule has 1 aliphatic heterocycles. The Hall–Kier alpha value is -2.87. The Morgan fingerprint density at radius 2 is 1.82 bits per heavy atom. The molecule has 1 aliphatic rings. The minimum absolute atomic E-state index is 0.101. The number of carbonyl (C=O) groups excluding carboxylic acids is 3. The van der Waals surface area contributed by atoms with Crippen LogP contribution in [0, 0.1) is 0 Å². The van der Waals surface area contributed by atoms with Crippen LogP contribution in [0.3, 0.4) is 0 Å². The molecule has 0 spiro atoms. The van der Waals surface area contributed by atoms with Crippen molar-refractivity contribution < 1.29 is 14.4 Å². The zero-order valence-corrected chi connectivity index (χ0v) is 16.8. The summed E-state index contributed by atoms with van der Waals surface area (Å²) in [5.74, 6) is -0.113. The molecule has 0 aliphatic carbocycles. The van der Waals surface area contributed by atoms with E-state index in [1.54, 1.807) is 35.2 Å². The molecule has 0 radical (unpaired) electrons. The van der Waals surface area contributed by atoms with Gasteiger partial charge in [-0.05, 0) is 48.9 Å². The number of carbonyl (C=O) groups is 3. The minimum atomic E-state index is -0.371. The Kier molecular flexibility index (Phi) is 6.65. The molecule has 2 aromatic rings. The average Bonchev–Trinajstić information content (AvgIpc) is 3.10. The van der Waals surface area contributed by atoms with Gasteiger partial charge in [0.2, 0.25) is 11.8 Å². The summed E-state index contributed by atoms with van der Waals surface area (Å²) in [7, 11) is 0. The molecule has 0 bridgehead atoms. The fourth-order valence-electron chi connectivity index (χ4n) is 2.89. The molecular formula is C20H21BrN4O3. The first-order valence-electron chi connectivity index (χ1n) is 9.02. The summed E-state index contributed by atoms with van der Waals surface area (Å²) in [5, 5.41) is 8.14. The predicted octanol–water partition coefficient (Wildman–Crippen LogP) is 3.73. The number of hydrogen-bond donors (Lipinski definition) is 3. The Morgan fingerprint density at radius 3 is 2.54 bits per heavy atom. The number of urea groups is 1. The zero-order chi connectivity index (χ0) is 19.9. The molecule has 2 aromatic carbocycles. The maximum atomic E-state index is 12.1. The first-order chi connectivity index (χ1) is 13.5. The van der Waals surface area contributed by atoms with E-state index < -0.39 is 0 Å². The molecule has 1 saturated heterocycles. The lowest BCUT2D eigenvalue weighted by molar-refractivity contribution is -0.117. The fraction of sp³-hybridized carbons (Fsp3) is 0.250. The lowest BCUT2D eigenvalue weighted by Crippen LogP contribution is -2.31. The highest BCUT2D eigenvalue weighted by molar-refractivity contribution is 9.10. The number of halogens is 1. The number of hydrogen-bond acceptors (Lipinski definition) is 3. The number of amides is 4. The predicted molar refractivity (Wildman–Crippen MR) is 112 cm³/mol. The van der Waals surface area contributed by atoms with E-state index in [2.05, 4.69) is 31.9 Å². The third-order valence-electron chi connectivity index (χ3n) is 4.25. The lowest BCUT2D eigenvalue weighted by Gasteiger charge is -2.16. The van der Waals surface area contributed by atoms with Gasteiger partial charge in [-0.1, -0.05) is 22.0 Å². The molecule has 4 amide bonds. The molecule has 0 unspecified atom stereocenters. The average molecular weight is 445 g/mol. The summed E-state index contributed by atoms with van der Waals surface area (Å²) < 4.78 is 0.924. The Balaban J connectivity index is 1.43. The van der Waals surface area contributed by atoms with Crippen LogP contribution in [0.5, 0.6) is 0 Å². The molecule has 0 atom stereocenters. The van der Waals surface area contributed by atoms with Crippen molar-refractivity contribution in [2.45, 2.75) is 19.3 Å². The van der Waals surface area contributed by atoms with E-state index in [-0.39, 0.29) is 30.8 Å². The maximum absolute atomic E-state index is 12.1. The van der Waals surface area contributed by atoms with Crippen LogP contribution in [0.1, 0.15) is 19.3 Å². The van der Waals surface area contributed by atoms with E-state index in [0.29, 0.717) is 24.3 Å². The standard InChI is InChI=1S/C20H21BrN4O3/c21-14-6-8-15(9-7-14)24-20(28)22-11-10-18(26)23-16-3-1-4-17(13-16)25-12-2-5-19(25)27/h1,3-4,6-9,13H,2,5,10-12H2,(H,23,26)(H2,22,24,28). The van der Waals surface area contributed by atoms with Gasteiger partial charge in [0, 0.05) is 47.5 Å². The zero-order valence-electron chi connectivity index (χ0n) is 15.2. The van der Waals surface area contributed by atoms with Gasteiger partial charge in [0.25, 0.3) is 0 Å². The van der Waals surface area contributed by atoms with E-state index in [1.165, 1.54) is 0 Å². The lowest BCUT2D eigenvalue weighted by atomic mass is 10.2. The van der Waals surface area contributed by atoms with Crippen LogP contribution in [0.15, 0.2) is 53.0 Å². The van der Waals surface area contributed by atoms with Crippen molar-refractivity contribution in [3.05, 3.63) is 53.0 Å². The summed E-state index contributed by atoms with van der Waals surface area (Å²) in [4.78, 5) is 37.6. The molecule has 3 rings (SSSR count). The molecule has 1 fully saturated rings. The second-order valence-corrected chi connectivity index (χ2v) is 7.30. The third-order valence-corrected chi connectivity index (χ3v) is 4.78. The summed E-state index contributed by atoms with van der Waals surface area (Å²) >= 11 is 3.33. The molecule has 146 valence electrons. The number of nitrogens with one attached hydrogen (secondary N) is 3. The molecule has 7 nitrogen and oxygen atoms in total. The van der Waals surface area contributed by atoms with E-state index in [4.69, 9.17) is 0 Å². The molecular weight excluding hydrogens is 424 g/mol. The van der Waals surface area contributed by atoms with Gasteiger partial charge in [0.15, 0.2) is 0 Å². The van der Waals surface area contributed by atoms with Crippen LogP contribution in [0.2, 0.25) is 0 Å². The van der Waals surface area contributed by atoms with Crippen LogP contribution >= 0.6 is 15.9 Å². The van der Waals surface area contributed by atoms with E-state index >= 15 is 0 Å². The van der Waals surface area contributed by atoms with Gasteiger partial charge in [-0.25, -0.2) is 4.79 Å². The van der Waals surface area contributed by atoms with E-state index in [9.17, 15) is 14.4 Å². The topological polar surface area (TPSA) is 90.5 Å². The van der Waals surface area contributed by atoms with Crippen molar-refractivity contribution in [1.29, 1.82) is 0 Å². The van der Waals surface area contributed by atoms with Crippen molar-refractivity contribution in [3.8, 4) is 0 Å². The number of benzene rings is 2. The van der Waals surface area contributed by atoms with Crippen molar-refractivity contribution in [3.63, 3.8) is 0 Å². The van der Waals surface area contributed by atoms with Crippen LogP contribution in [-0.2, 0) is 9.59 Å². The Bertz CT molecular complexity index is 870. The number of nitrogens with zero attached hydrogens (tertiary/aromatic N) is 1. The van der Waals surface area contributed by atoms with Crippen molar-refractivity contribution >= 4 is 50.8 Å². The van der Waals surface area contributed by atoms with Gasteiger partial charge in [-0.2, -0.15) is 0 Å². The van der Waals surface area contributed by atoms with Gasteiger partial charge in [-0.3, -0.25) is 9.59 Å². The monoisotopic (exact) mass is 444 g/mol. The largest absolute Gasteiger partial charge is 0.337 e. The van der Waals surface area contributed by atoms with Gasteiger partial charge < -0.3 is 20.9 Å². The number of rotatable bonds is 6. The molecule has 0 aromatic heterocycles. The van der Waals surface area contributed by atoms with Gasteiger partial charge in [0.05, 0.1) is 0 Å². The van der Waals surface area contributed by atoms with Crippen molar-refractivity contribution in [2.75, 3.05) is 28.6 Å².